The van der Waals surface area contributed by atoms with E-state index >= 15 is 0 Å². The van der Waals surface area contributed by atoms with Gasteiger partial charge in [-0.3, -0.25) is 4.79 Å². The molecule has 1 aliphatic carbocycles. The molecule has 2 aliphatic heterocycles. The number of rotatable bonds is 5. The van der Waals surface area contributed by atoms with Crippen LogP contribution in [0.25, 0.3) is 0 Å². The smallest absolute Gasteiger partial charge is 0.276 e. The van der Waals surface area contributed by atoms with Crippen molar-refractivity contribution in [3.63, 3.8) is 0 Å². The molecule has 156 valence electrons. The first-order valence-corrected chi connectivity index (χ1v) is 11.2. The maximum Gasteiger partial charge on any atom is 0.276 e. The monoisotopic (exact) mass is 389 g/mol. The lowest BCUT2D eigenvalue weighted by molar-refractivity contribution is 0.0336. The maximum atomic E-state index is 13.6. The van der Waals surface area contributed by atoms with Crippen LogP contribution in [-0.4, -0.2) is 64.2 Å². The summed E-state index contributed by atoms with van der Waals surface area (Å²) in [5, 5.41) is 12.1. The highest BCUT2D eigenvalue weighted by atomic mass is 16.5. The van der Waals surface area contributed by atoms with Crippen LogP contribution in [0, 0.1) is 12.8 Å². The highest BCUT2D eigenvalue weighted by molar-refractivity contribution is 5.93. The van der Waals surface area contributed by atoms with E-state index in [-0.39, 0.29) is 12.0 Å². The van der Waals surface area contributed by atoms with Crippen molar-refractivity contribution in [2.45, 2.75) is 83.4 Å². The number of hydrogen-bond acceptors (Lipinski definition) is 5. The molecular formula is C21H35N5O2. The van der Waals surface area contributed by atoms with Crippen molar-refractivity contribution in [1.82, 2.24) is 25.2 Å². The van der Waals surface area contributed by atoms with Gasteiger partial charge in [0, 0.05) is 19.2 Å². The molecule has 0 radical (unpaired) electrons. The Balaban J connectivity index is 1.53. The van der Waals surface area contributed by atoms with Crippen molar-refractivity contribution in [1.29, 1.82) is 0 Å². The maximum absolute atomic E-state index is 13.6. The third-order valence-corrected chi connectivity index (χ3v) is 6.90. The van der Waals surface area contributed by atoms with E-state index in [1.54, 1.807) is 0 Å². The lowest BCUT2D eigenvalue weighted by Crippen LogP contribution is -2.46. The Labute approximate surface area is 168 Å². The van der Waals surface area contributed by atoms with Gasteiger partial charge in [0.25, 0.3) is 5.91 Å². The van der Waals surface area contributed by atoms with Crippen LogP contribution in [-0.2, 0) is 4.74 Å². The number of carbonyl (C=O) groups excluding carboxylic acids is 1. The quantitative estimate of drug-likeness (QED) is 0.838. The average molecular weight is 390 g/mol. The van der Waals surface area contributed by atoms with Gasteiger partial charge >= 0.3 is 0 Å². The average Bonchev–Trinajstić information content (AvgIpc) is 3.37. The van der Waals surface area contributed by atoms with Crippen molar-refractivity contribution in [3.05, 3.63) is 11.4 Å². The lowest BCUT2D eigenvalue weighted by Gasteiger charge is -2.37. The summed E-state index contributed by atoms with van der Waals surface area (Å²) >= 11 is 0. The summed E-state index contributed by atoms with van der Waals surface area (Å²) in [6, 6.07) is 0.647. The van der Waals surface area contributed by atoms with Crippen LogP contribution in [0.15, 0.2) is 0 Å². The standard InChI is InChI=1S/C21H35N5O2/c1-15-5-7-17(8-6-15)25(14-19-4-3-13-28-19)21(27)20-16(2)26(24-23-20)18-9-11-22-12-10-18/h15,17-19,22H,3-14H2,1-2H3. The fourth-order valence-electron chi connectivity index (χ4n) is 5.03. The molecule has 7 heteroatoms. The zero-order valence-corrected chi connectivity index (χ0v) is 17.4. The minimum Gasteiger partial charge on any atom is -0.376 e. The van der Waals surface area contributed by atoms with Gasteiger partial charge in [0.15, 0.2) is 5.69 Å². The molecule has 1 N–H and O–H groups in total. The minimum absolute atomic E-state index is 0.0488. The van der Waals surface area contributed by atoms with Crippen LogP contribution < -0.4 is 5.32 Å². The topological polar surface area (TPSA) is 72.3 Å². The van der Waals surface area contributed by atoms with Gasteiger partial charge in [0.05, 0.1) is 17.8 Å². The number of nitrogens with zero attached hydrogens (tertiary/aromatic N) is 4. The summed E-state index contributed by atoms with van der Waals surface area (Å²) in [5.74, 6) is 0.811. The van der Waals surface area contributed by atoms with Crippen molar-refractivity contribution in [2.75, 3.05) is 26.2 Å². The highest BCUT2D eigenvalue weighted by Crippen LogP contribution is 2.30. The number of amides is 1. The zero-order valence-electron chi connectivity index (χ0n) is 17.4. The van der Waals surface area contributed by atoms with E-state index in [1.807, 2.05) is 11.6 Å². The molecule has 3 aliphatic rings. The first-order chi connectivity index (χ1) is 13.6. The molecule has 1 aromatic rings. The third kappa shape index (κ3) is 4.25. The molecule has 0 aromatic carbocycles. The second kappa shape index (κ2) is 8.91. The fourth-order valence-corrected chi connectivity index (χ4v) is 5.03. The molecule has 3 heterocycles. The lowest BCUT2D eigenvalue weighted by atomic mass is 9.86. The van der Waals surface area contributed by atoms with Crippen molar-refractivity contribution in [3.8, 4) is 0 Å². The number of hydrogen-bond donors (Lipinski definition) is 1. The number of ether oxygens (including phenoxy) is 1. The van der Waals surface area contributed by atoms with Crippen LogP contribution >= 0.6 is 0 Å². The van der Waals surface area contributed by atoms with Crippen molar-refractivity contribution in [2.24, 2.45) is 5.92 Å². The van der Waals surface area contributed by atoms with Crippen LogP contribution in [0.4, 0.5) is 0 Å². The number of carbonyl (C=O) groups is 1. The van der Waals surface area contributed by atoms with Gasteiger partial charge in [-0.1, -0.05) is 12.1 Å². The summed E-state index contributed by atoms with van der Waals surface area (Å²) in [6.07, 6.45) is 8.95. The Kier molecular flexibility index (Phi) is 6.31. The van der Waals surface area contributed by atoms with E-state index in [2.05, 4.69) is 27.5 Å². The second-order valence-corrected chi connectivity index (χ2v) is 8.96. The summed E-state index contributed by atoms with van der Waals surface area (Å²) < 4.78 is 7.86. The predicted octanol–water partition coefficient (Wildman–Crippen LogP) is 2.71. The van der Waals surface area contributed by atoms with E-state index in [4.69, 9.17) is 4.74 Å². The molecule has 2 saturated heterocycles. The first kappa shape index (κ1) is 19.8. The number of aromatic nitrogens is 3. The Bertz CT molecular complexity index is 656. The van der Waals surface area contributed by atoms with Gasteiger partial charge in [-0.15, -0.1) is 5.10 Å². The van der Waals surface area contributed by atoms with Crippen molar-refractivity contribution >= 4 is 5.91 Å². The molecule has 28 heavy (non-hydrogen) atoms. The Morgan fingerprint density at radius 2 is 1.93 bits per heavy atom. The molecule has 1 saturated carbocycles. The molecule has 3 fully saturated rings. The Morgan fingerprint density at radius 3 is 2.61 bits per heavy atom. The normalized spacial score (nSPS) is 29.1. The summed E-state index contributed by atoms with van der Waals surface area (Å²) in [5.41, 5.74) is 1.45. The highest BCUT2D eigenvalue weighted by Gasteiger charge is 2.34. The molecule has 0 spiro atoms. The van der Waals surface area contributed by atoms with Crippen LogP contribution in [0.5, 0.6) is 0 Å². The summed E-state index contributed by atoms with van der Waals surface area (Å²) in [4.78, 5) is 15.6. The molecule has 7 nitrogen and oxygen atoms in total. The van der Waals surface area contributed by atoms with Gasteiger partial charge in [-0.25, -0.2) is 4.68 Å². The third-order valence-electron chi connectivity index (χ3n) is 6.90. The van der Waals surface area contributed by atoms with Crippen LogP contribution in [0.2, 0.25) is 0 Å². The molecule has 1 atom stereocenters. The van der Waals surface area contributed by atoms with E-state index in [0.717, 1.165) is 69.8 Å². The van der Waals surface area contributed by atoms with E-state index in [0.29, 0.717) is 24.3 Å². The number of nitrogens with one attached hydrogen (secondary N) is 1. The summed E-state index contributed by atoms with van der Waals surface area (Å²) in [6.45, 7) is 7.83. The van der Waals surface area contributed by atoms with Gasteiger partial charge in [-0.05, 0) is 77.3 Å². The van der Waals surface area contributed by atoms with Crippen LogP contribution in [0.3, 0.4) is 0 Å². The van der Waals surface area contributed by atoms with E-state index in [1.165, 1.54) is 12.8 Å². The number of piperidine rings is 1. The molecule has 0 bridgehead atoms. The minimum atomic E-state index is 0.0488. The predicted molar refractivity (Wildman–Crippen MR) is 107 cm³/mol. The molecular weight excluding hydrogens is 354 g/mol. The van der Waals surface area contributed by atoms with E-state index in [9.17, 15) is 4.79 Å². The molecule has 1 unspecified atom stereocenters. The fraction of sp³-hybridized carbons (Fsp3) is 0.857. The first-order valence-electron chi connectivity index (χ1n) is 11.2. The van der Waals surface area contributed by atoms with Crippen LogP contribution in [0.1, 0.15) is 80.5 Å². The Hall–Kier alpha value is -1.47. The van der Waals surface area contributed by atoms with Gasteiger partial charge in [0.1, 0.15) is 0 Å². The van der Waals surface area contributed by atoms with Gasteiger partial charge in [-0.2, -0.15) is 0 Å². The summed E-state index contributed by atoms with van der Waals surface area (Å²) in [7, 11) is 0. The van der Waals surface area contributed by atoms with Gasteiger partial charge in [0.2, 0.25) is 0 Å². The zero-order chi connectivity index (χ0) is 19.5. The molecule has 4 rings (SSSR count). The largest absolute Gasteiger partial charge is 0.376 e. The molecule has 1 aromatic heterocycles. The van der Waals surface area contributed by atoms with Gasteiger partial charge < -0.3 is 15.0 Å². The Morgan fingerprint density at radius 1 is 1.18 bits per heavy atom. The SMILES string of the molecule is Cc1c(C(=O)N(CC2CCCO2)C2CCC(C)CC2)nnn1C1CCNCC1. The second-order valence-electron chi connectivity index (χ2n) is 8.96. The van der Waals surface area contributed by atoms with Crippen molar-refractivity contribution < 1.29 is 9.53 Å². The molecule has 1 amide bonds. The van der Waals surface area contributed by atoms with E-state index < -0.39 is 0 Å².